The first kappa shape index (κ1) is 9.45. The molecule has 0 aliphatic rings. The van der Waals surface area contributed by atoms with Crippen molar-refractivity contribution in [3.63, 3.8) is 0 Å². The summed E-state index contributed by atoms with van der Waals surface area (Å²) in [5.74, 6) is 0. The van der Waals surface area contributed by atoms with Crippen LogP contribution in [0.25, 0.3) is 10.9 Å². The summed E-state index contributed by atoms with van der Waals surface area (Å²) in [6, 6.07) is 7.44. The molecular formula is C10H4BrClN2. The predicted octanol–water partition coefficient (Wildman–Crippen LogP) is 3.52. The summed E-state index contributed by atoms with van der Waals surface area (Å²) < 4.78 is 0.743. The van der Waals surface area contributed by atoms with E-state index in [4.69, 9.17) is 16.9 Å². The second-order valence-electron chi connectivity index (χ2n) is 2.76. The van der Waals surface area contributed by atoms with Gasteiger partial charge in [-0.25, -0.2) is 0 Å². The number of hydrogen-bond acceptors (Lipinski definition) is 2. The van der Waals surface area contributed by atoms with Crippen molar-refractivity contribution in [1.82, 2.24) is 4.98 Å². The fourth-order valence-corrected chi connectivity index (χ4v) is 1.89. The van der Waals surface area contributed by atoms with E-state index in [1.165, 1.54) is 0 Å². The molecule has 0 N–H and O–H groups in total. The third kappa shape index (κ3) is 1.47. The molecule has 4 heteroatoms. The molecule has 1 aromatic carbocycles. The minimum Gasteiger partial charge on any atom is -0.255 e. The molecule has 0 saturated carbocycles. The van der Waals surface area contributed by atoms with Crippen LogP contribution < -0.4 is 0 Å². The number of pyridine rings is 1. The largest absolute Gasteiger partial charge is 0.255 e. The second-order valence-corrected chi connectivity index (χ2v) is 3.99. The van der Waals surface area contributed by atoms with Crippen molar-refractivity contribution in [3.8, 4) is 6.07 Å². The van der Waals surface area contributed by atoms with Crippen LogP contribution in [0.1, 0.15) is 5.56 Å². The Morgan fingerprint density at radius 3 is 2.93 bits per heavy atom. The first-order valence-electron chi connectivity index (χ1n) is 3.86. The summed E-state index contributed by atoms with van der Waals surface area (Å²) in [7, 11) is 0. The lowest BCUT2D eigenvalue weighted by Gasteiger charge is -2.01. The molecule has 0 aliphatic carbocycles. The van der Waals surface area contributed by atoms with Gasteiger partial charge in [0.25, 0.3) is 0 Å². The van der Waals surface area contributed by atoms with Gasteiger partial charge in [-0.1, -0.05) is 11.6 Å². The van der Waals surface area contributed by atoms with Gasteiger partial charge in [0, 0.05) is 21.1 Å². The summed E-state index contributed by atoms with van der Waals surface area (Å²) in [5, 5.41) is 10.3. The number of aromatic nitrogens is 1. The monoisotopic (exact) mass is 266 g/mol. The maximum absolute atomic E-state index is 8.79. The van der Waals surface area contributed by atoms with Gasteiger partial charge in [0.15, 0.2) is 0 Å². The van der Waals surface area contributed by atoms with Crippen molar-refractivity contribution in [1.29, 1.82) is 5.26 Å². The highest BCUT2D eigenvalue weighted by atomic mass is 79.9. The lowest BCUT2D eigenvalue weighted by atomic mass is 10.2. The summed E-state index contributed by atoms with van der Waals surface area (Å²) in [6.45, 7) is 0. The molecule has 0 bridgehead atoms. The SMILES string of the molecule is N#Cc1cnc2ccc(Cl)cc2c1Br. The normalized spacial score (nSPS) is 10.1. The molecule has 0 amide bonds. The molecule has 0 fully saturated rings. The van der Waals surface area contributed by atoms with Gasteiger partial charge in [0.2, 0.25) is 0 Å². The molecule has 2 rings (SSSR count). The fraction of sp³-hybridized carbons (Fsp3) is 0. The van der Waals surface area contributed by atoms with E-state index in [1.54, 1.807) is 18.3 Å². The van der Waals surface area contributed by atoms with Gasteiger partial charge in [-0.3, -0.25) is 4.98 Å². The van der Waals surface area contributed by atoms with Gasteiger partial charge >= 0.3 is 0 Å². The van der Waals surface area contributed by atoms with Crippen molar-refractivity contribution in [3.05, 3.63) is 39.5 Å². The average molecular weight is 268 g/mol. The van der Waals surface area contributed by atoms with Crippen LogP contribution in [0.3, 0.4) is 0 Å². The Morgan fingerprint density at radius 1 is 1.43 bits per heavy atom. The quantitative estimate of drug-likeness (QED) is 0.732. The fourth-order valence-electron chi connectivity index (χ4n) is 1.21. The topological polar surface area (TPSA) is 36.7 Å². The standard InChI is InChI=1S/C10H4BrClN2/c11-10-6(4-13)5-14-9-2-1-7(12)3-8(9)10/h1-3,5H. The molecule has 1 aromatic heterocycles. The zero-order valence-corrected chi connectivity index (χ0v) is 9.30. The third-order valence-electron chi connectivity index (χ3n) is 1.88. The van der Waals surface area contributed by atoms with Crippen molar-refractivity contribution in [2.24, 2.45) is 0 Å². The van der Waals surface area contributed by atoms with Crippen LogP contribution in [-0.4, -0.2) is 4.98 Å². The third-order valence-corrected chi connectivity index (χ3v) is 2.97. The summed E-state index contributed by atoms with van der Waals surface area (Å²) in [4.78, 5) is 4.14. The van der Waals surface area contributed by atoms with E-state index >= 15 is 0 Å². The molecule has 0 saturated heterocycles. The average Bonchev–Trinajstić information content (AvgIpc) is 2.20. The molecule has 68 valence electrons. The van der Waals surface area contributed by atoms with Crippen LogP contribution in [0.15, 0.2) is 28.9 Å². The predicted molar refractivity (Wildman–Crippen MR) is 59.2 cm³/mol. The maximum Gasteiger partial charge on any atom is 0.102 e. The highest BCUT2D eigenvalue weighted by Gasteiger charge is 2.05. The zero-order valence-electron chi connectivity index (χ0n) is 6.96. The molecule has 0 radical (unpaired) electrons. The van der Waals surface area contributed by atoms with Crippen LogP contribution in [-0.2, 0) is 0 Å². The summed E-state index contributed by atoms with van der Waals surface area (Å²) in [5.41, 5.74) is 1.33. The lowest BCUT2D eigenvalue weighted by molar-refractivity contribution is 1.36. The van der Waals surface area contributed by atoms with Crippen molar-refractivity contribution < 1.29 is 0 Å². The number of nitrogens with zero attached hydrogens (tertiary/aromatic N) is 2. The van der Waals surface area contributed by atoms with Gasteiger partial charge in [0.1, 0.15) is 6.07 Å². The highest BCUT2D eigenvalue weighted by molar-refractivity contribution is 9.10. The molecule has 14 heavy (non-hydrogen) atoms. The molecular weight excluding hydrogens is 263 g/mol. The van der Waals surface area contributed by atoms with Crippen LogP contribution in [0.2, 0.25) is 5.02 Å². The van der Waals surface area contributed by atoms with Crippen LogP contribution in [0.4, 0.5) is 0 Å². The Bertz CT molecular complexity index is 546. The number of rotatable bonds is 0. The van der Waals surface area contributed by atoms with E-state index in [-0.39, 0.29) is 0 Å². The van der Waals surface area contributed by atoms with Gasteiger partial charge in [-0.2, -0.15) is 5.26 Å². The first-order chi connectivity index (χ1) is 6.72. The van der Waals surface area contributed by atoms with Crippen LogP contribution in [0.5, 0.6) is 0 Å². The van der Waals surface area contributed by atoms with E-state index < -0.39 is 0 Å². The Hall–Kier alpha value is -1.11. The lowest BCUT2D eigenvalue weighted by Crippen LogP contribution is -1.84. The van der Waals surface area contributed by atoms with E-state index in [2.05, 4.69) is 27.0 Å². The van der Waals surface area contributed by atoms with Gasteiger partial charge in [-0.15, -0.1) is 0 Å². The van der Waals surface area contributed by atoms with E-state index in [0.29, 0.717) is 10.6 Å². The molecule has 0 atom stereocenters. The molecule has 0 unspecified atom stereocenters. The minimum absolute atomic E-state index is 0.514. The number of nitriles is 1. The van der Waals surface area contributed by atoms with Crippen molar-refractivity contribution in [2.45, 2.75) is 0 Å². The maximum atomic E-state index is 8.79. The number of halogens is 2. The second kappa shape index (κ2) is 3.56. The van der Waals surface area contributed by atoms with Crippen LogP contribution in [0, 0.1) is 11.3 Å². The molecule has 0 spiro atoms. The number of fused-ring (bicyclic) bond motifs is 1. The zero-order chi connectivity index (χ0) is 10.1. The molecule has 2 nitrogen and oxygen atoms in total. The Labute approximate surface area is 94.3 Å². The van der Waals surface area contributed by atoms with Crippen molar-refractivity contribution in [2.75, 3.05) is 0 Å². The van der Waals surface area contributed by atoms with E-state index in [0.717, 1.165) is 15.4 Å². The molecule has 1 heterocycles. The van der Waals surface area contributed by atoms with Gasteiger partial charge in [0.05, 0.1) is 11.1 Å². The first-order valence-corrected chi connectivity index (χ1v) is 5.03. The number of benzene rings is 1. The number of hydrogen-bond donors (Lipinski definition) is 0. The summed E-state index contributed by atoms with van der Waals surface area (Å²) in [6.07, 6.45) is 1.54. The Balaban J connectivity index is 2.88. The molecule has 0 aliphatic heterocycles. The van der Waals surface area contributed by atoms with Gasteiger partial charge in [-0.05, 0) is 34.1 Å². The van der Waals surface area contributed by atoms with E-state index in [9.17, 15) is 0 Å². The Morgan fingerprint density at radius 2 is 2.21 bits per heavy atom. The van der Waals surface area contributed by atoms with Crippen molar-refractivity contribution >= 4 is 38.4 Å². The smallest absolute Gasteiger partial charge is 0.102 e. The van der Waals surface area contributed by atoms with Gasteiger partial charge < -0.3 is 0 Å². The van der Waals surface area contributed by atoms with E-state index in [1.807, 2.05) is 6.07 Å². The minimum atomic E-state index is 0.514. The highest BCUT2D eigenvalue weighted by Crippen LogP contribution is 2.27. The van der Waals surface area contributed by atoms with Crippen LogP contribution >= 0.6 is 27.5 Å². The Kier molecular flexibility index (Phi) is 2.40. The summed E-state index contributed by atoms with van der Waals surface area (Å²) >= 11 is 9.21. The molecule has 2 aromatic rings.